The van der Waals surface area contributed by atoms with Crippen LogP contribution in [0.2, 0.25) is 0 Å². The van der Waals surface area contributed by atoms with Crippen LogP contribution >= 0.6 is 0 Å². The van der Waals surface area contributed by atoms with Crippen LogP contribution in [0, 0.1) is 0 Å². The minimum Gasteiger partial charge on any atom is -0.472 e. The zero-order chi connectivity index (χ0) is 20.1. The van der Waals surface area contributed by atoms with Crippen molar-refractivity contribution in [2.75, 3.05) is 37.7 Å². The molecule has 2 fully saturated rings. The van der Waals surface area contributed by atoms with E-state index in [4.69, 9.17) is 14.1 Å². The number of likely N-dealkylation sites (tertiary alicyclic amines) is 1. The third-order valence-electron chi connectivity index (χ3n) is 6.18. The lowest BCUT2D eigenvalue weighted by molar-refractivity contribution is -0.0223. The molecule has 0 aliphatic carbocycles. The Morgan fingerprint density at radius 1 is 1.17 bits per heavy atom. The molecule has 0 aromatic carbocycles. The van der Waals surface area contributed by atoms with E-state index in [-0.39, 0.29) is 31.8 Å². The van der Waals surface area contributed by atoms with Gasteiger partial charge in [0.2, 0.25) is 5.95 Å². The second kappa shape index (κ2) is 6.76. The van der Waals surface area contributed by atoms with E-state index in [1.165, 1.54) is 12.5 Å². The Morgan fingerprint density at radius 3 is 2.76 bits per heavy atom. The molecule has 0 radical (unpaired) electrons. The minimum atomic E-state index is -2.61. The highest BCUT2D eigenvalue weighted by Gasteiger charge is 2.47. The summed E-state index contributed by atoms with van der Waals surface area (Å²) < 4.78 is 37.9. The van der Waals surface area contributed by atoms with Crippen LogP contribution in [-0.4, -0.2) is 59.5 Å². The number of carbonyl (C=O) groups is 1. The number of alkyl halides is 2. The lowest BCUT2D eigenvalue weighted by Crippen LogP contribution is -2.43. The molecule has 0 N–H and O–H groups in total. The first-order valence-corrected chi connectivity index (χ1v) is 9.84. The summed E-state index contributed by atoms with van der Waals surface area (Å²) >= 11 is 0. The zero-order valence-corrected chi connectivity index (χ0v) is 15.9. The van der Waals surface area contributed by atoms with Crippen LogP contribution in [0.4, 0.5) is 14.7 Å². The number of furan rings is 1. The van der Waals surface area contributed by atoms with E-state index in [1.807, 2.05) is 4.90 Å². The molecule has 3 aliphatic rings. The highest BCUT2D eigenvalue weighted by atomic mass is 19.3. The second-order valence-electron chi connectivity index (χ2n) is 8.15. The Morgan fingerprint density at radius 2 is 2.00 bits per heavy atom. The smallest absolute Gasteiger partial charge is 0.257 e. The van der Waals surface area contributed by atoms with Crippen molar-refractivity contribution in [3.63, 3.8) is 0 Å². The molecule has 5 rings (SSSR count). The van der Waals surface area contributed by atoms with Gasteiger partial charge in [0.1, 0.15) is 6.26 Å². The lowest BCUT2D eigenvalue weighted by atomic mass is 9.80. The molecule has 1 unspecified atom stereocenters. The van der Waals surface area contributed by atoms with E-state index in [9.17, 15) is 13.6 Å². The van der Waals surface area contributed by atoms with Crippen LogP contribution in [0.5, 0.6) is 0 Å². The standard InChI is InChI=1S/C20H22F2N4O3/c21-20(22)3-6-25(7-4-20)18-23-9-15-11-29-13-19(16(15)24-18)2-5-26(12-19)17(27)14-1-8-28-10-14/h1,8-10H,2-7,11-13H2. The molecule has 1 spiro atoms. The summed E-state index contributed by atoms with van der Waals surface area (Å²) in [7, 11) is 0. The minimum absolute atomic E-state index is 0.0738. The van der Waals surface area contributed by atoms with E-state index in [2.05, 4.69) is 4.98 Å². The van der Waals surface area contributed by atoms with Gasteiger partial charge in [0.25, 0.3) is 11.8 Å². The number of halogens is 2. The normalized spacial score (nSPS) is 26.0. The average molecular weight is 404 g/mol. The van der Waals surface area contributed by atoms with E-state index >= 15 is 0 Å². The summed E-state index contributed by atoms with van der Waals surface area (Å²) in [6.07, 6.45) is 5.04. The first-order chi connectivity index (χ1) is 14.0. The van der Waals surface area contributed by atoms with Crippen LogP contribution in [-0.2, 0) is 16.8 Å². The molecular formula is C20H22F2N4O3. The SMILES string of the molecule is O=C(c1ccoc1)N1CCC2(COCc3cnc(N4CCC(F)(F)CC4)nc32)C1. The van der Waals surface area contributed by atoms with Crippen molar-refractivity contribution in [1.29, 1.82) is 0 Å². The maximum Gasteiger partial charge on any atom is 0.257 e. The van der Waals surface area contributed by atoms with Gasteiger partial charge in [0, 0.05) is 50.8 Å². The number of piperidine rings is 1. The van der Waals surface area contributed by atoms with Crippen molar-refractivity contribution in [1.82, 2.24) is 14.9 Å². The Hall–Kier alpha value is -2.55. The van der Waals surface area contributed by atoms with Crippen molar-refractivity contribution < 1.29 is 22.7 Å². The first kappa shape index (κ1) is 18.5. The molecule has 3 aliphatic heterocycles. The summed E-state index contributed by atoms with van der Waals surface area (Å²) in [5.74, 6) is -2.20. The maximum absolute atomic E-state index is 13.5. The fourth-order valence-corrected chi connectivity index (χ4v) is 4.50. The largest absolute Gasteiger partial charge is 0.472 e. The van der Waals surface area contributed by atoms with Gasteiger partial charge in [-0.2, -0.15) is 0 Å². The van der Waals surface area contributed by atoms with Crippen LogP contribution in [0.25, 0.3) is 0 Å². The molecule has 2 saturated heterocycles. The summed E-state index contributed by atoms with van der Waals surface area (Å²) in [4.78, 5) is 25.6. The summed E-state index contributed by atoms with van der Waals surface area (Å²) in [5.41, 5.74) is 1.91. The monoisotopic (exact) mass is 404 g/mol. The molecule has 2 aromatic heterocycles. The number of ether oxygens (including phenoxy) is 1. The highest BCUT2D eigenvalue weighted by Crippen LogP contribution is 2.40. The number of amides is 1. The number of carbonyl (C=O) groups excluding carboxylic acids is 1. The molecule has 1 atom stereocenters. The van der Waals surface area contributed by atoms with Gasteiger partial charge in [-0.25, -0.2) is 18.7 Å². The molecule has 1 amide bonds. The zero-order valence-electron chi connectivity index (χ0n) is 15.9. The molecule has 154 valence electrons. The van der Waals surface area contributed by atoms with Gasteiger partial charge in [-0.1, -0.05) is 0 Å². The van der Waals surface area contributed by atoms with Crippen LogP contribution in [0.1, 0.15) is 40.9 Å². The number of rotatable bonds is 2. The quantitative estimate of drug-likeness (QED) is 0.766. The van der Waals surface area contributed by atoms with Crippen molar-refractivity contribution >= 4 is 11.9 Å². The Bertz CT molecular complexity index is 910. The molecule has 7 nitrogen and oxygen atoms in total. The number of hydrogen-bond acceptors (Lipinski definition) is 6. The molecule has 29 heavy (non-hydrogen) atoms. The van der Waals surface area contributed by atoms with Gasteiger partial charge < -0.3 is 19.0 Å². The van der Waals surface area contributed by atoms with Crippen LogP contribution in [0.15, 0.2) is 29.2 Å². The Labute approximate surface area is 166 Å². The summed E-state index contributed by atoms with van der Waals surface area (Å²) in [6, 6.07) is 1.66. The topological polar surface area (TPSA) is 71.7 Å². The molecule has 2 aromatic rings. The van der Waals surface area contributed by atoms with E-state index in [0.717, 1.165) is 17.7 Å². The van der Waals surface area contributed by atoms with Crippen molar-refractivity contribution in [2.24, 2.45) is 0 Å². The average Bonchev–Trinajstić information content (AvgIpc) is 3.39. The van der Waals surface area contributed by atoms with Gasteiger partial charge >= 0.3 is 0 Å². The van der Waals surface area contributed by atoms with Crippen LogP contribution in [0.3, 0.4) is 0 Å². The lowest BCUT2D eigenvalue weighted by Gasteiger charge is -2.36. The number of fused-ring (bicyclic) bond motifs is 2. The summed E-state index contributed by atoms with van der Waals surface area (Å²) in [6.45, 7) is 2.47. The van der Waals surface area contributed by atoms with Crippen LogP contribution < -0.4 is 4.90 Å². The maximum atomic E-state index is 13.5. The summed E-state index contributed by atoms with van der Waals surface area (Å²) in [5, 5.41) is 0. The van der Waals surface area contributed by atoms with Gasteiger partial charge in [0.05, 0.1) is 36.1 Å². The number of aromatic nitrogens is 2. The van der Waals surface area contributed by atoms with Gasteiger partial charge in [-0.05, 0) is 12.5 Å². The van der Waals surface area contributed by atoms with Gasteiger partial charge in [-0.3, -0.25) is 4.79 Å². The third kappa shape index (κ3) is 3.27. The Kier molecular flexibility index (Phi) is 4.31. The van der Waals surface area contributed by atoms with E-state index in [0.29, 0.717) is 37.8 Å². The molecule has 9 heteroatoms. The number of hydrogen-bond donors (Lipinski definition) is 0. The third-order valence-corrected chi connectivity index (χ3v) is 6.18. The second-order valence-corrected chi connectivity index (χ2v) is 8.15. The van der Waals surface area contributed by atoms with Gasteiger partial charge in [0.15, 0.2) is 0 Å². The van der Waals surface area contributed by atoms with Gasteiger partial charge in [-0.15, -0.1) is 0 Å². The predicted molar refractivity (Wildman–Crippen MR) is 99.0 cm³/mol. The fourth-order valence-electron chi connectivity index (χ4n) is 4.50. The predicted octanol–water partition coefficient (Wildman–Crippen LogP) is 2.62. The van der Waals surface area contributed by atoms with E-state index in [1.54, 1.807) is 17.2 Å². The molecule has 0 saturated carbocycles. The fraction of sp³-hybridized carbons (Fsp3) is 0.550. The van der Waals surface area contributed by atoms with Crippen molar-refractivity contribution in [3.05, 3.63) is 41.6 Å². The first-order valence-electron chi connectivity index (χ1n) is 9.84. The molecular weight excluding hydrogens is 382 g/mol. The number of anilines is 1. The van der Waals surface area contributed by atoms with Crippen molar-refractivity contribution in [2.45, 2.75) is 37.2 Å². The highest BCUT2D eigenvalue weighted by molar-refractivity contribution is 5.94. The molecule has 5 heterocycles. The van der Waals surface area contributed by atoms with Crippen molar-refractivity contribution in [3.8, 4) is 0 Å². The Balaban J connectivity index is 1.41. The number of nitrogens with zero attached hydrogens (tertiary/aromatic N) is 4. The van der Waals surface area contributed by atoms with E-state index < -0.39 is 11.3 Å². The molecule has 0 bridgehead atoms.